The predicted molar refractivity (Wildman–Crippen MR) is 85.0 cm³/mol. The van der Waals surface area contributed by atoms with Crippen LogP contribution in [0.15, 0.2) is 23.8 Å². The summed E-state index contributed by atoms with van der Waals surface area (Å²) in [5.41, 5.74) is 1.17. The Balaban J connectivity index is 1.86. The minimum atomic E-state index is -1.07. The van der Waals surface area contributed by atoms with Crippen molar-refractivity contribution in [3.63, 3.8) is 0 Å². The largest absolute Gasteiger partial charge is 0.490 e. The number of nitrogens with zero attached hydrogens (tertiary/aromatic N) is 1. The SMILES string of the molecule is CCOc1cccc2c1OCC(C(=O)N1CCOC[C@@H]1C(=O)O)=C2. The molecule has 0 radical (unpaired) electrons. The molecule has 7 nitrogen and oxygen atoms in total. The predicted octanol–water partition coefficient (Wildman–Crippen LogP) is 1.17. The van der Waals surface area contributed by atoms with E-state index < -0.39 is 12.0 Å². The van der Waals surface area contributed by atoms with E-state index in [0.717, 1.165) is 5.56 Å². The molecule has 0 unspecified atom stereocenters. The lowest BCUT2D eigenvalue weighted by Gasteiger charge is -2.34. The van der Waals surface area contributed by atoms with Gasteiger partial charge in [0.2, 0.25) is 0 Å². The van der Waals surface area contributed by atoms with Gasteiger partial charge < -0.3 is 24.2 Å². The lowest BCUT2D eigenvalue weighted by molar-refractivity contribution is -0.156. The van der Waals surface area contributed by atoms with Crippen molar-refractivity contribution >= 4 is 18.0 Å². The molecule has 0 spiro atoms. The number of fused-ring (bicyclic) bond motifs is 1. The van der Waals surface area contributed by atoms with Gasteiger partial charge in [0.25, 0.3) is 5.91 Å². The van der Waals surface area contributed by atoms with Gasteiger partial charge in [0.05, 0.1) is 25.4 Å². The summed E-state index contributed by atoms with van der Waals surface area (Å²) in [7, 11) is 0. The molecule has 2 heterocycles. The maximum atomic E-state index is 12.7. The van der Waals surface area contributed by atoms with Crippen LogP contribution in [0, 0.1) is 0 Å². The molecular weight excluding hydrogens is 314 g/mol. The number of benzene rings is 1. The topological polar surface area (TPSA) is 85.3 Å². The summed E-state index contributed by atoms with van der Waals surface area (Å²) >= 11 is 0. The van der Waals surface area contributed by atoms with Crippen LogP contribution in [0.1, 0.15) is 12.5 Å². The summed E-state index contributed by atoms with van der Waals surface area (Å²) in [6.07, 6.45) is 1.73. The van der Waals surface area contributed by atoms with E-state index in [0.29, 0.717) is 30.3 Å². The Hall–Kier alpha value is -2.54. The second-order valence-corrected chi connectivity index (χ2v) is 5.49. The lowest BCUT2D eigenvalue weighted by atomic mass is 10.0. The molecule has 0 saturated carbocycles. The Labute approximate surface area is 139 Å². The minimum Gasteiger partial charge on any atom is -0.490 e. The van der Waals surface area contributed by atoms with Crippen molar-refractivity contribution in [2.45, 2.75) is 13.0 Å². The summed E-state index contributed by atoms with van der Waals surface area (Å²) in [5.74, 6) is -0.169. The summed E-state index contributed by atoms with van der Waals surface area (Å²) in [5, 5.41) is 9.27. The van der Waals surface area contributed by atoms with E-state index in [1.807, 2.05) is 25.1 Å². The lowest BCUT2D eigenvalue weighted by Crippen LogP contribution is -2.53. The Morgan fingerprint density at radius 1 is 1.42 bits per heavy atom. The number of amides is 1. The number of para-hydroxylation sites is 1. The quantitative estimate of drug-likeness (QED) is 0.890. The maximum Gasteiger partial charge on any atom is 0.328 e. The van der Waals surface area contributed by atoms with Gasteiger partial charge in [-0.05, 0) is 19.1 Å². The van der Waals surface area contributed by atoms with Crippen LogP contribution in [0.2, 0.25) is 0 Å². The normalized spacial score (nSPS) is 19.8. The monoisotopic (exact) mass is 333 g/mol. The van der Waals surface area contributed by atoms with E-state index in [-0.39, 0.29) is 25.7 Å². The Morgan fingerprint density at radius 3 is 3.00 bits per heavy atom. The number of rotatable bonds is 4. The van der Waals surface area contributed by atoms with Crippen LogP contribution in [-0.2, 0) is 14.3 Å². The first-order valence-corrected chi connectivity index (χ1v) is 7.82. The molecule has 1 atom stereocenters. The van der Waals surface area contributed by atoms with E-state index in [2.05, 4.69) is 0 Å². The van der Waals surface area contributed by atoms with E-state index in [9.17, 15) is 14.7 Å². The molecule has 1 aromatic carbocycles. The fourth-order valence-corrected chi connectivity index (χ4v) is 2.81. The van der Waals surface area contributed by atoms with Gasteiger partial charge in [-0.1, -0.05) is 12.1 Å². The van der Waals surface area contributed by atoms with Crippen LogP contribution in [0.25, 0.3) is 6.08 Å². The zero-order valence-corrected chi connectivity index (χ0v) is 13.4. The highest BCUT2D eigenvalue weighted by atomic mass is 16.5. The molecule has 1 N–H and O–H groups in total. The standard InChI is InChI=1S/C17H19NO6/c1-2-23-14-5-3-4-11-8-12(9-24-15(11)14)16(19)18-6-7-22-10-13(18)17(20)21/h3-5,8,13H,2,6-7,9-10H2,1H3,(H,20,21)/t13-/m1/s1. The van der Waals surface area contributed by atoms with Gasteiger partial charge in [-0.3, -0.25) is 4.79 Å². The molecule has 1 aromatic rings. The van der Waals surface area contributed by atoms with Crippen molar-refractivity contribution < 1.29 is 28.9 Å². The second kappa shape index (κ2) is 6.92. The van der Waals surface area contributed by atoms with Gasteiger partial charge in [0, 0.05) is 12.1 Å². The minimum absolute atomic E-state index is 0.000283. The third-order valence-electron chi connectivity index (χ3n) is 3.96. The van der Waals surface area contributed by atoms with Gasteiger partial charge in [-0.15, -0.1) is 0 Å². The molecule has 0 bridgehead atoms. The highest BCUT2D eigenvalue weighted by molar-refractivity contribution is 6.01. The van der Waals surface area contributed by atoms with Gasteiger partial charge in [0.1, 0.15) is 6.61 Å². The van der Waals surface area contributed by atoms with E-state index in [4.69, 9.17) is 14.2 Å². The second-order valence-electron chi connectivity index (χ2n) is 5.49. The van der Waals surface area contributed by atoms with Crippen LogP contribution in [-0.4, -0.2) is 60.9 Å². The molecular formula is C17H19NO6. The van der Waals surface area contributed by atoms with E-state index >= 15 is 0 Å². The van der Waals surface area contributed by atoms with Gasteiger partial charge in [-0.25, -0.2) is 4.79 Å². The van der Waals surface area contributed by atoms with Crippen molar-refractivity contribution in [3.8, 4) is 11.5 Å². The first-order valence-electron chi connectivity index (χ1n) is 7.82. The van der Waals surface area contributed by atoms with Crippen molar-refractivity contribution in [2.75, 3.05) is 33.0 Å². The van der Waals surface area contributed by atoms with Crippen LogP contribution >= 0.6 is 0 Å². The Morgan fingerprint density at radius 2 is 2.25 bits per heavy atom. The number of carboxylic acid groups (broad SMARTS) is 1. The summed E-state index contributed by atoms with van der Waals surface area (Å²) in [4.78, 5) is 25.4. The van der Waals surface area contributed by atoms with Gasteiger partial charge in [0.15, 0.2) is 17.5 Å². The highest BCUT2D eigenvalue weighted by Gasteiger charge is 2.35. The smallest absolute Gasteiger partial charge is 0.328 e. The zero-order valence-electron chi connectivity index (χ0n) is 13.4. The van der Waals surface area contributed by atoms with E-state index in [1.165, 1.54) is 4.90 Å². The number of hydrogen-bond donors (Lipinski definition) is 1. The number of aliphatic carboxylic acids is 1. The Bertz CT molecular complexity index is 684. The van der Waals surface area contributed by atoms with Crippen LogP contribution < -0.4 is 9.47 Å². The van der Waals surface area contributed by atoms with E-state index in [1.54, 1.807) is 6.08 Å². The third kappa shape index (κ3) is 3.07. The molecule has 1 amide bonds. The molecule has 128 valence electrons. The molecule has 2 aliphatic heterocycles. The van der Waals surface area contributed by atoms with Crippen molar-refractivity contribution in [1.29, 1.82) is 0 Å². The number of carbonyl (C=O) groups is 2. The molecule has 1 fully saturated rings. The summed E-state index contributed by atoms with van der Waals surface area (Å²) in [6.45, 7) is 3.06. The van der Waals surface area contributed by atoms with Crippen LogP contribution in [0.4, 0.5) is 0 Å². The molecule has 1 saturated heterocycles. The van der Waals surface area contributed by atoms with Crippen LogP contribution in [0.3, 0.4) is 0 Å². The fourth-order valence-electron chi connectivity index (χ4n) is 2.81. The molecule has 0 aliphatic carbocycles. The third-order valence-corrected chi connectivity index (χ3v) is 3.96. The highest BCUT2D eigenvalue weighted by Crippen LogP contribution is 2.36. The summed E-state index contributed by atoms with van der Waals surface area (Å²) < 4.78 is 16.4. The number of carbonyl (C=O) groups excluding carboxylic acids is 1. The van der Waals surface area contributed by atoms with Crippen LogP contribution in [0.5, 0.6) is 11.5 Å². The van der Waals surface area contributed by atoms with Gasteiger partial charge in [-0.2, -0.15) is 0 Å². The maximum absolute atomic E-state index is 12.7. The van der Waals surface area contributed by atoms with Crippen molar-refractivity contribution in [2.24, 2.45) is 0 Å². The van der Waals surface area contributed by atoms with Gasteiger partial charge >= 0.3 is 5.97 Å². The molecule has 24 heavy (non-hydrogen) atoms. The average Bonchev–Trinajstić information content (AvgIpc) is 2.61. The van der Waals surface area contributed by atoms with Crippen molar-refractivity contribution in [1.82, 2.24) is 4.90 Å². The number of hydrogen-bond acceptors (Lipinski definition) is 5. The number of carboxylic acids is 1. The fraction of sp³-hybridized carbons (Fsp3) is 0.412. The van der Waals surface area contributed by atoms with Crippen molar-refractivity contribution in [3.05, 3.63) is 29.3 Å². The number of ether oxygens (including phenoxy) is 3. The average molecular weight is 333 g/mol. The molecule has 0 aromatic heterocycles. The zero-order chi connectivity index (χ0) is 17.1. The molecule has 2 aliphatic rings. The molecule has 3 rings (SSSR count). The molecule has 7 heteroatoms. The summed E-state index contributed by atoms with van der Waals surface area (Å²) in [6, 6.07) is 4.50. The number of morpholine rings is 1. The Kier molecular flexibility index (Phi) is 4.71. The first-order chi connectivity index (χ1) is 11.6. The first kappa shape index (κ1) is 16.3.